The normalized spacial score (nSPS) is 19.6. The second kappa shape index (κ2) is 12.5. The van der Waals surface area contributed by atoms with Gasteiger partial charge in [0.25, 0.3) is 11.6 Å². The first kappa shape index (κ1) is 27.6. The first-order valence-corrected chi connectivity index (χ1v) is 13.9. The number of para-hydroxylation sites is 1. The molecule has 3 aromatic rings. The third-order valence-electron chi connectivity index (χ3n) is 7.44. The van der Waals surface area contributed by atoms with E-state index in [0.29, 0.717) is 35.8 Å². The number of carbonyl (C=O) groups excluding carboxylic acids is 2. The van der Waals surface area contributed by atoms with Crippen molar-refractivity contribution in [2.24, 2.45) is 0 Å². The van der Waals surface area contributed by atoms with E-state index in [2.05, 4.69) is 44.7 Å². The van der Waals surface area contributed by atoms with Crippen molar-refractivity contribution >= 4 is 23.3 Å². The molecule has 3 aromatic carbocycles. The number of hydrogen-bond acceptors (Lipinski definition) is 6. The maximum absolute atomic E-state index is 13.6. The van der Waals surface area contributed by atoms with Crippen LogP contribution in [0, 0.1) is 0 Å². The summed E-state index contributed by atoms with van der Waals surface area (Å²) in [4.78, 5) is 32.8. The lowest BCUT2D eigenvalue weighted by Crippen LogP contribution is -2.62. The highest BCUT2D eigenvalue weighted by Crippen LogP contribution is 2.40. The summed E-state index contributed by atoms with van der Waals surface area (Å²) in [6.07, 6.45) is 0.734. The van der Waals surface area contributed by atoms with Crippen molar-refractivity contribution in [2.45, 2.75) is 25.6 Å². The molecule has 1 unspecified atom stereocenters. The lowest BCUT2D eigenvalue weighted by Gasteiger charge is -2.42. The van der Waals surface area contributed by atoms with Crippen molar-refractivity contribution < 1.29 is 19.4 Å². The fourth-order valence-electron chi connectivity index (χ4n) is 5.36. The van der Waals surface area contributed by atoms with Gasteiger partial charge in [0, 0.05) is 50.5 Å². The molecular formula is C31H37N5O4. The number of nitrogens with one attached hydrogen (secondary N) is 2. The van der Waals surface area contributed by atoms with Crippen LogP contribution in [0.2, 0.25) is 0 Å². The topological polar surface area (TPSA) is 97.4 Å². The van der Waals surface area contributed by atoms with Gasteiger partial charge < -0.3 is 25.4 Å². The molecule has 210 valence electrons. The highest BCUT2D eigenvalue weighted by atomic mass is 16.5. The summed E-state index contributed by atoms with van der Waals surface area (Å²) in [6.45, 7) is 8.54. The van der Waals surface area contributed by atoms with E-state index in [9.17, 15) is 14.7 Å². The highest BCUT2D eigenvalue weighted by Gasteiger charge is 2.51. The molecule has 40 heavy (non-hydrogen) atoms. The smallest absolute Gasteiger partial charge is 0.329 e. The Morgan fingerprint density at radius 2 is 1.62 bits per heavy atom. The average molecular weight is 544 g/mol. The van der Waals surface area contributed by atoms with Gasteiger partial charge in [0.05, 0.1) is 12.3 Å². The van der Waals surface area contributed by atoms with Gasteiger partial charge >= 0.3 is 6.03 Å². The van der Waals surface area contributed by atoms with Crippen LogP contribution in [-0.2, 0) is 17.1 Å². The number of amides is 3. The Morgan fingerprint density at radius 1 is 0.950 bits per heavy atom. The van der Waals surface area contributed by atoms with Gasteiger partial charge in [-0.1, -0.05) is 48.5 Å². The van der Waals surface area contributed by atoms with Gasteiger partial charge in [-0.3, -0.25) is 14.6 Å². The summed E-state index contributed by atoms with van der Waals surface area (Å²) in [5.74, 6) is -0.00526. The number of carbonyl (C=O) groups is 2. The molecule has 0 aromatic heterocycles. The second-order valence-electron chi connectivity index (χ2n) is 10.1. The second-order valence-corrected chi connectivity index (χ2v) is 10.1. The molecule has 0 saturated carbocycles. The van der Waals surface area contributed by atoms with Gasteiger partial charge in [-0.05, 0) is 55.8 Å². The van der Waals surface area contributed by atoms with Gasteiger partial charge in [0.1, 0.15) is 5.75 Å². The number of hydrogen-bond donors (Lipinski definition) is 3. The minimum atomic E-state index is -2.21. The number of ether oxygens (including phenoxy) is 1. The van der Waals surface area contributed by atoms with E-state index in [-0.39, 0.29) is 0 Å². The van der Waals surface area contributed by atoms with Gasteiger partial charge in [-0.15, -0.1) is 0 Å². The number of benzene rings is 3. The Kier molecular flexibility index (Phi) is 8.64. The molecule has 5 rings (SSSR count). The van der Waals surface area contributed by atoms with Crippen molar-refractivity contribution in [1.82, 2.24) is 15.1 Å². The third kappa shape index (κ3) is 5.96. The first-order chi connectivity index (χ1) is 19.5. The van der Waals surface area contributed by atoms with Crippen molar-refractivity contribution in [1.29, 1.82) is 0 Å². The van der Waals surface area contributed by atoms with Crippen LogP contribution in [-0.4, -0.2) is 72.7 Å². The largest absolute Gasteiger partial charge is 0.494 e. The number of anilines is 2. The van der Waals surface area contributed by atoms with Crippen LogP contribution in [0.4, 0.5) is 16.2 Å². The standard InChI is InChI=1S/C31H37N5O4/c1-2-40-26-15-13-25(14-16-26)36-30(38)33-28-12-7-6-11-27(28)31(36,39)29(37)32-17-8-18-34-19-21-35(22-20-34)23-24-9-4-3-5-10-24/h3-7,9-16,39H,2,8,17-23H2,1H3,(H,32,37)(H,33,38). The molecule has 0 radical (unpaired) electrons. The van der Waals surface area contributed by atoms with Gasteiger partial charge in [-0.25, -0.2) is 4.79 Å². The molecular weight excluding hydrogens is 506 g/mol. The maximum atomic E-state index is 13.6. The van der Waals surface area contributed by atoms with E-state index in [1.54, 1.807) is 48.5 Å². The number of urea groups is 1. The molecule has 3 amide bonds. The monoisotopic (exact) mass is 543 g/mol. The summed E-state index contributed by atoms with van der Waals surface area (Å²) in [5, 5.41) is 17.6. The summed E-state index contributed by atoms with van der Waals surface area (Å²) in [6, 6.07) is 23.5. The minimum Gasteiger partial charge on any atom is -0.494 e. The van der Waals surface area contributed by atoms with E-state index in [1.807, 2.05) is 13.0 Å². The predicted octanol–water partition coefficient (Wildman–Crippen LogP) is 3.61. The van der Waals surface area contributed by atoms with Crippen LogP contribution in [0.5, 0.6) is 5.75 Å². The molecule has 0 aliphatic carbocycles. The Balaban J connectivity index is 1.20. The fraction of sp³-hybridized carbons (Fsp3) is 0.355. The lowest BCUT2D eigenvalue weighted by atomic mass is 9.94. The van der Waals surface area contributed by atoms with Crippen LogP contribution in [0.15, 0.2) is 78.9 Å². The van der Waals surface area contributed by atoms with Gasteiger partial charge in [0.15, 0.2) is 0 Å². The zero-order valence-corrected chi connectivity index (χ0v) is 22.9. The Bertz CT molecular complexity index is 1290. The zero-order chi connectivity index (χ0) is 28.0. The van der Waals surface area contributed by atoms with Gasteiger partial charge in [0.2, 0.25) is 0 Å². The predicted molar refractivity (Wildman–Crippen MR) is 155 cm³/mol. The molecule has 1 atom stereocenters. The third-order valence-corrected chi connectivity index (χ3v) is 7.44. The summed E-state index contributed by atoms with van der Waals surface area (Å²) in [7, 11) is 0. The number of rotatable bonds is 10. The van der Waals surface area contributed by atoms with E-state index >= 15 is 0 Å². The molecule has 0 bridgehead atoms. The average Bonchev–Trinajstić information content (AvgIpc) is 2.97. The van der Waals surface area contributed by atoms with Crippen LogP contribution >= 0.6 is 0 Å². The molecule has 3 N–H and O–H groups in total. The lowest BCUT2D eigenvalue weighted by molar-refractivity contribution is -0.140. The van der Waals surface area contributed by atoms with Crippen molar-refractivity contribution in [3.05, 3.63) is 90.0 Å². The summed E-state index contributed by atoms with van der Waals surface area (Å²) < 4.78 is 5.51. The summed E-state index contributed by atoms with van der Waals surface area (Å²) in [5.41, 5.74) is 0.210. The van der Waals surface area contributed by atoms with Crippen LogP contribution in [0.25, 0.3) is 0 Å². The number of aliphatic hydroxyl groups is 1. The summed E-state index contributed by atoms with van der Waals surface area (Å²) >= 11 is 0. The highest BCUT2D eigenvalue weighted by molar-refractivity contribution is 6.11. The fourth-order valence-corrected chi connectivity index (χ4v) is 5.36. The molecule has 9 heteroatoms. The molecule has 1 fully saturated rings. The maximum Gasteiger partial charge on any atom is 0.329 e. The zero-order valence-electron chi connectivity index (χ0n) is 22.9. The number of nitrogens with zero attached hydrogens (tertiary/aromatic N) is 3. The Morgan fingerprint density at radius 3 is 2.35 bits per heavy atom. The number of piperazine rings is 1. The Labute approximate surface area is 235 Å². The quantitative estimate of drug-likeness (QED) is 0.338. The van der Waals surface area contributed by atoms with Crippen LogP contribution in [0.1, 0.15) is 24.5 Å². The van der Waals surface area contributed by atoms with Crippen LogP contribution in [0.3, 0.4) is 0 Å². The molecule has 9 nitrogen and oxygen atoms in total. The molecule has 1 saturated heterocycles. The SMILES string of the molecule is CCOc1ccc(N2C(=O)Nc3ccccc3C2(O)C(=O)NCCCN2CCN(Cc3ccccc3)CC2)cc1. The first-order valence-electron chi connectivity index (χ1n) is 13.9. The minimum absolute atomic E-state index is 0.315. The molecule has 0 spiro atoms. The van der Waals surface area contributed by atoms with Gasteiger partial charge in [-0.2, -0.15) is 0 Å². The molecule has 2 aliphatic rings. The van der Waals surface area contributed by atoms with Crippen molar-refractivity contribution in [3.8, 4) is 5.75 Å². The van der Waals surface area contributed by atoms with Crippen LogP contribution < -0.4 is 20.3 Å². The van der Waals surface area contributed by atoms with E-state index in [0.717, 1.165) is 50.6 Å². The van der Waals surface area contributed by atoms with E-state index in [4.69, 9.17) is 4.74 Å². The molecule has 2 aliphatic heterocycles. The molecule has 2 heterocycles. The van der Waals surface area contributed by atoms with Crippen molar-refractivity contribution in [2.75, 3.05) is 56.1 Å². The Hall–Kier alpha value is -3.92. The van der Waals surface area contributed by atoms with E-state index in [1.165, 1.54) is 5.56 Å². The van der Waals surface area contributed by atoms with Crippen molar-refractivity contribution in [3.63, 3.8) is 0 Å². The van der Waals surface area contributed by atoms with E-state index < -0.39 is 17.7 Å². The number of fused-ring (bicyclic) bond motifs is 1.